The molecule has 2 aromatic carbocycles. The van der Waals surface area contributed by atoms with Gasteiger partial charge in [0.15, 0.2) is 0 Å². The standard InChI is InChI=1S/C19H22N2O4/c1-15(21-19(23)25-14-17-10-6-3-7-11-17)12-20-18(22)24-13-16-8-4-2-5-9-16/h2-11,15H,12-14H2,1H3,(H,20,22)(H,21,23). The molecule has 1 atom stereocenters. The van der Waals surface area contributed by atoms with Crippen LogP contribution in [0.25, 0.3) is 0 Å². The maximum Gasteiger partial charge on any atom is 0.407 e. The number of nitrogens with one attached hydrogen (secondary N) is 2. The summed E-state index contributed by atoms with van der Waals surface area (Å²) in [7, 11) is 0. The summed E-state index contributed by atoms with van der Waals surface area (Å²) in [6.07, 6.45) is -1.06. The zero-order valence-electron chi connectivity index (χ0n) is 14.1. The summed E-state index contributed by atoms with van der Waals surface area (Å²) in [6.45, 7) is 2.41. The molecule has 0 fully saturated rings. The van der Waals surface area contributed by atoms with Crippen LogP contribution >= 0.6 is 0 Å². The van der Waals surface area contributed by atoms with Crippen LogP contribution in [0.5, 0.6) is 0 Å². The third-order valence-corrected chi connectivity index (χ3v) is 3.34. The molecule has 0 aliphatic rings. The Morgan fingerprint density at radius 3 is 1.84 bits per heavy atom. The largest absolute Gasteiger partial charge is 0.445 e. The molecule has 0 saturated heterocycles. The SMILES string of the molecule is CC(CNC(=O)OCc1ccccc1)NC(=O)OCc1ccccc1. The smallest absolute Gasteiger partial charge is 0.407 e. The number of benzene rings is 2. The van der Waals surface area contributed by atoms with Gasteiger partial charge in [0, 0.05) is 12.6 Å². The van der Waals surface area contributed by atoms with Crippen LogP contribution in [0.3, 0.4) is 0 Å². The van der Waals surface area contributed by atoms with Gasteiger partial charge in [0.25, 0.3) is 0 Å². The van der Waals surface area contributed by atoms with E-state index in [-0.39, 0.29) is 25.8 Å². The number of alkyl carbamates (subject to hydrolysis) is 2. The van der Waals surface area contributed by atoms with Gasteiger partial charge in [-0.2, -0.15) is 0 Å². The van der Waals surface area contributed by atoms with Gasteiger partial charge in [0.05, 0.1) is 0 Å². The highest BCUT2D eigenvalue weighted by Crippen LogP contribution is 2.01. The Morgan fingerprint density at radius 1 is 0.840 bits per heavy atom. The van der Waals surface area contributed by atoms with Gasteiger partial charge in [0.1, 0.15) is 13.2 Å². The van der Waals surface area contributed by atoms with E-state index in [2.05, 4.69) is 10.6 Å². The Labute approximate surface area is 147 Å². The predicted octanol–water partition coefficient (Wildman–Crippen LogP) is 3.23. The quantitative estimate of drug-likeness (QED) is 0.810. The van der Waals surface area contributed by atoms with E-state index >= 15 is 0 Å². The maximum atomic E-state index is 11.7. The lowest BCUT2D eigenvalue weighted by Crippen LogP contribution is -2.42. The lowest BCUT2D eigenvalue weighted by atomic mass is 10.2. The van der Waals surface area contributed by atoms with Crippen LogP contribution in [0.2, 0.25) is 0 Å². The summed E-state index contributed by atoms with van der Waals surface area (Å²) in [5, 5.41) is 5.25. The number of carbonyl (C=O) groups excluding carboxylic acids is 2. The Hall–Kier alpha value is -3.02. The van der Waals surface area contributed by atoms with E-state index in [1.807, 2.05) is 60.7 Å². The summed E-state index contributed by atoms with van der Waals surface area (Å²) in [5.41, 5.74) is 1.82. The van der Waals surface area contributed by atoms with Crippen molar-refractivity contribution in [3.63, 3.8) is 0 Å². The Balaban J connectivity index is 1.60. The molecule has 2 aromatic rings. The van der Waals surface area contributed by atoms with Gasteiger partial charge in [-0.3, -0.25) is 0 Å². The lowest BCUT2D eigenvalue weighted by Gasteiger charge is -2.15. The minimum atomic E-state index is -0.532. The molecule has 25 heavy (non-hydrogen) atoms. The summed E-state index contributed by atoms with van der Waals surface area (Å²) in [5.74, 6) is 0. The molecule has 0 aromatic heterocycles. The number of amides is 2. The third kappa shape index (κ3) is 7.39. The Morgan fingerprint density at radius 2 is 1.32 bits per heavy atom. The van der Waals surface area contributed by atoms with Crippen molar-refractivity contribution in [3.8, 4) is 0 Å². The minimum absolute atomic E-state index is 0.200. The normalized spacial score (nSPS) is 11.2. The molecule has 0 aliphatic heterocycles. The van der Waals surface area contributed by atoms with Gasteiger partial charge in [-0.15, -0.1) is 0 Å². The fourth-order valence-corrected chi connectivity index (χ4v) is 2.03. The molecule has 0 spiro atoms. The van der Waals surface area contributed by atoms with Crippen molar-refractivity contribution in [1.29, 1.82) is 0 Å². The van der Waals surface area contributed by atoms with Crippen LogP contribution in [0.1, 0.15) is 18.1 Å². The van der Waals surface area contributed by atoms with Crippen molar-refractivity contribution >= 4 is 12.2 Å². The zero-order valence-corrected chi connectivity index (χ0v) is 14.1. The van der Waals surface area contributed by atoms with Crippen molar-refractivity contribution in [2.24, 2.45) is 0 Å². The van der Waals surface area contributed by atoms with E-state index in [4.69, 9.17) is 9.47 Å². The number of carbonyl (C=O) groups is 2. The molecule has 1 unspecified atom stereocenters. The van der Waals surface area contributed by atoms with E-state index in [1.54, 1.807) is 6.92 Å². The molecular formula is C19H22N2O4. The summed E-state index contributed by atoms with van der Waals surface area (Å²) < 4.78 is 10.2. The second-order valence-electron chi connectivity index (χ2n) is 5.55. The van der Waals surface area contributed by atoms with Gasteiger partial charge in [-0.1, -0.05) is 60.7 Å². The molecule has 6 heteroatoms. The van der Waals surface area contributed by atoms with Gasteiger partial charge < -0.3 is 20.1 Å². The summed E-state index contributed by atoms with van der Waals surface area (Å²) >= 11 is 0. The molecule has 0 aliphatic carbocycles. The molecular weight excluding hydrogens is 320 g/mol. The predicted molar refractivity (Wildman–Crippen MR) is 93.9 cm³/mol. The Kier molecular flexibility index (Phi) is 7.31. The average Bonchev–Trinajstić information content (AvgIpc) is 2.65. The molecule has 0 radical (unpaired) electrons. The highest BCUT2D eigenvalue weighted by Gasteiger charge is 2.10. The van der Waals surface area contributed by atoms with Gasteiger partial charge in [-0.25, -0.2) is 9.59 Å². The van der Waals surface area contributed by atoms with Crippen molar-refractivity contribution in [1.82, 2.24) is 10.6 Å². The van der Waals surface area contributed by atoms with Crippen molar-refractivity contribution in [2.75, 3.05) is 6.54 Å². The molecule has 0 heterocycles. The second-order valence-corrected chi connectivity index (χ2v) is 5.55. The zero-order chi connectivity index (χ0) is 17.9. The van der Waals surface area contributed by atoms with Crippen LogP contribution in [-0.4, -0.2) is 24.8 Å². The highest BCUT2D eigenvalue weighted by molar-refractivity contribution is 5.69. The van der Waals surface area contributed by atoms with Crippen LogP contribution in [0, 0.1) is 0 Å². The molecule has 6 nitrogen and oxygen atoms in total. The van der Waals surface area contributed by atoms with Gasteiger partial charge in [0.2, 0.25) is 0 Å². The molecule has 0 bridgehead atoms. The van der Waals surface area contributed by atoms with Gasteiger partial charge in [-0.05, 0) is 18.1 Å². The number of ether oxygens (including phenoxy) is 2. The third-order valence-electron chi connectivity index (χ3n) is 3.34. The van der Waals surface area contributed by atoms with Crippen molar-refractivity contribution < 1.29 is 19.1 Å². The molecule has 2 amide bonds. The second kappa shape index (κ2) is 9.97. The molecule has 2 N–H and O–H groups in total. The van der Waals surface area contributed by atoms with Crippen LogP contribution < -0.4 is 10.6 Å². The van der Waals surface area contributed by atoms with E-state index in [1.165, 1.54) is 0 Å². The highest BCUT2D eigenvalue weighted by atomic mass is 16.6. The van der Waals surface area contributed by atoms with Crippen molar-refractivity contribution in [2.45, 2.75) is 26.2 Å². The molecule has 132 valence electrons. The molecule has 0 saturated carbocycles. The van der Waals surface area contributed by atoms with E-state index in [0.29, 0.717) is 0 Å². The lowest BCUT2D eigenvalue weighted by molar-refractivity contribution is 0.131. The van der Waals surface area contributed by atoms with E-state index in [0.717, 1.165) is 11.1 Å². The minimum Gasteiger partial charge on any atom is -0.445 e. The number of rotatable bonds is 7. The summed E-state index contributed by atoms with van der Waals surface area (Å²) in [6, 6.07) is 18.5. The maximum absolute atomic E-state index is 11.7. The van der Waals surface area contributed by atoms with Crippen molar-refractivity contribution in [3.05, 3.63) is 71.8 Å². The monoisotopic (exact) mass is 342 g/mol. The molecule has 2 rings (SSSR count). The topological polar surface area (TPSA) is 76.7 Å². The first-order valence-corrected chi connectivity index (χ1v) is 8.05. The fourth-order valence-electron chi connectivity index (χ4n) is 2.03. The van der Waals surface area contributed by atoms with Gasteiger partial charge >= 0.3 is 12.2 Å². The van der Waals surface area contributed by atoms with Crippen LogP contribution in [0.4, 0.5) is 9.59 Å². The summed E-state index contributed by atoms with van der Waals surface area (Å²) in [4.78, 5) is 23.3. The van der Waals surface area contributed by atoms with E-state index < -0.39 is 12.2 Å². The average molecular weight is 342 g/mol. The number of hydrogen-bond acceptors (Lipinski definition) is 4. The fraction of sp³-hybridized carbons (Fsp3) is 0.263. The first-order valence-electron chi connectivity index (χ1n) is 8.05. The Bertz CT molecular complexity index is 662. The van der Waals surface area contributed by atoms with Crippen LogP contribution in [0.15, 0.2) is 60.7 Å². The number of hydrogen-bond donors (Lipinski definition) is 2. The first kappa shape index (κ1) is 18.3. The first-order chi connectivity index (χ1) is 12.1. The van der Waals surface area contributed by atoms with Crippen LogP contribution in [-0.2, 0) is 22.7 Å². The van der Waals surface area contributed by atoms with E-state index in [9.17, 15) is 9.59 Å².